The number of nitrogens with zero attached hydrogens (tertiary/aromatic N) is 1. The molecule has 0 bridgehead atoms. The van der Waals surface area contributed by atoms with Crippen LogP contribution in [0.2, 0.25) is 0 Å². The van der Waals surface area contributed by atoms with Crippen LogP contribution in [0.3, 0.4) is 0 Å². The van der Waals surface area contributed by atoms with E-state index in [-0.39, 0.29) is 18.2 Å². The molecular formula is C17H27N3O2. The zero-order chi connectivity index (χ0) is 16.2. The van der Waals surface area contributed by atoms with E-state index in [0.717, 1.165) is 37.2 Å². The lowest BCUT2D eigenvalue weighted by Crippen LogP contribution is -2.47. The summed E-state index contributed by atoms with van der Waals surface area (Å²) in [6, 6.07) is 6.43. The van der Waals surface area contributed by atoms with Crippen molar-refractivity contribution in [2.24, 2.45) is 0 Å². The third-order valence-electron chi connectivity index (χ3n) is 3.71. The number of aromatic nitrogens is 1. The number of pyridine rings is 1. The summed E-state index contributed by atoms with van der Waals surface area (Å²) >= 11 is 0. The van der Waals surface area contributed by atoms with E-state index in [9.17, 15) is 4.79 Å². The van der Waals surface area contributed by atoms with Crippen molar-refractivity contribution >= 4 is 6.09 Å². The van der Waals surface area contributed by atoms with Gasteiger partial charge < -0.3 is 15.4 Å². The molecule has 122 valence electrons. The summed E-state index contributed by atoms with van der Waals surface area (Å²) in [5.41, 5.74) is 1.59. The minimum absolute atomic E-state index is 0.125. The van der Waals surface area contributed by atoms with Gasteiger partial charge in [0.15, 0.2) is 0 Å². The summed E-state index contributed by atoms with van der Waals surface area (Å²) in [6.45, 7) is 8.34. The molecule has 1 heterocycles. The van der Waals surface area contributed by atoms with Gasteiger partial charge in [-0.1, -0.05) is 6.07 Å². The molecular weight excluding hydrogens is 278 g/mol. The number of ether oxygens (including phenoxy) is 1. The van der Waals surface area contributed by atoms with Crippen LogP contribution in [-0.2, 0) is 11.3 Å². The second-order valence-electron chi connectivity index (χ2n) is 6.94. The van der Waals surface area contributed by atoms with Crippen molar-refractivity contribution in [2.45, 2.75) is 71.2 Å². The van der Waals surface area contributed by atoms with E-state index in [1.165, 1.54) is 0 Å². The quantitative estimate of drug-likeness (QED) is 0.898. The second kappa shape index (κ2) is 7.09. The Balaban J connectivity index is 1.84. The molecule has 0 saturated heterocycles. The molecule has 2 N–H and O–H groups in total. The minimum atomic E-state index is -0.461. The van der Waals surface area contributed by atoms with Crippen LogP contribution >= 0.6 is 0 Å². The molecule has 1 aliphatic rings. The van der Waals surface area contributed by atoms with Crippen LogP contribution in [0, 0.1) is 6.92 Å². The Kier molecular flexibility index (Phi) is 5.40. The molecule has 5 nitrogen and oxygen atoms in total. The summed E-state index contributed by atoms with van der Waals surface area (Å²) in [7, 11) is 0. The van der Waals surface area contributed by atoms with Gasteiger partial charge in [0.1, 0.15) is 5.60 Å². The highest BCUT2D eigenvalue weighted by atomic mass is 16.6. The van der Waals surface area contributed by atoms with E-state index in [1.54, 1.807) is 0 Å². The van der Waals surface area contributed by atoms with Crippen LogP contribution in [0.1, 0.15) is 51.4 Å². The molecule has 2 rings (SSSR count). The van der Waals surface area contributed by atoms with E-state index in [1.807, 2.05) is 45.9 Å². The topological polar surface area (TPSA) is 63.2 Å². The van der Waals surface area contributed by atoms with E-state index >= 15 is 0 Å². The molecule has 2 atom stereocenters. The van der Waals surface area contributed by atoms with E-state index in [4.69, 9.17) is 4.74 Å². The number of hydrogen-bond acceptors (Lipinski definition) is 4. The smallest absolute Gasteiger partial charge is 0.407 e. The van der Waals surface area contributed by atoms with E-state index < -0.39 is 5.60 Å². The van der Waals surface area contributed by atoms with Gasteiger partial charge in [0.2, 0.25) is 0 Å². The summed E-state index contributed by atoms with van der Waals surface area (Å²) < 4.78 is 5.34. The first kappa shape index (κ1) is 16.7. The van der Waals surface area contributed by atoms with Gasteiger partial charge in [-0.15, -0.1) is 0 Å². The van der Waals surface area contributed by atoms with Gasteiger partial charge in [-0.05, 0) is 59.1 Å². The molecule has 1 aromatic heterocycles. The maximum Gasteiger partial charge on any atom is 0.407 e. The highest BCUT2D eigenvalue weighted by Crippen LogP contribution is 2.20. The highest BCUT2D eigenvalue weighted by Gasteiger charge is 2.29. The molecule has 22 heavy (non-hydrogen) atoms. The average Bonchev–Trinajstić information content (AvgIpc) is 2.81. The molecule has 1 fully saturated rings. The van der Waals surface area contributed by atoms with E-state index in [0.29, 0.717) is 0 Å². The van der Waals surface area contributed by atoms with E-state index in [2.05, 4.69) is 15.6 Å². The van der Waals surface area contributed by atoms with Gasteiger partial charge in [0.25, 0.3) is 0 Å². The number of rotatable bonds is 4. The molecule has 1 aromatic rings. The zero-order valence-electron chi connectivity index (χ0n) is 14.0. The fourth-order valence-corrected chi connectivity index (χ4v) is 2.77. The Morgan fingerprint density at radius 2 is 2.05 bits per heavy atom. The number of amides is 1. The largest absolute Gasteiger partial charge is 0.444 e. The molecule has 1 amide bonds. The van der Waals surface area contributed by atoms with Crippen molar-refractivity contribution in [3.63, 3.8) is 0 Å². The van der Waals surface area contributed by atoms with Gasteiger partial charge in [-0.2, -0.15) is 0 Å². The summed E-state index contributed by atoms with van der Waals surface area (Å²) in [5, 5.41) is 6.50. The van der Waals surface area contributed by atoms with Gasteiger partial charge in [0, 0.05) is 24.3 Å². The minimum Gasteiger partial charge on any atom is -0.444 e. The van der Waals surface area contributed by atoms with Crippen molar-refractivity contribution < 1.29 is 9.53 Å². The second-order valence-corrected chi connectivity index (χ2v) is 6.94. The first-order valence-electron chi connectivity index (χ1n) is 7.99. The third-order valence-corrected chi connectivity index (χ3v) is 3.71. The van der Waals surface area contributed by atoms with Gasteiger partial charge in [-0.3, -0.25) is 4.98 Å². The van der Waals surface area contributed by atoms with Crippen LogP contribution < -0.4 is 10.6 Å². The molecule has 5 heteroatoms. The number of carbonyl (C=O) groups excluding carboxylic acids is 1. The maximum absolute atomic E-state index is 11.9. The van der Waals surface area contributed by atoms with Crippen molar-refractivity contribution in [3.8, 4) is 0 Å². The Hall–Kier alpha value is -1.62. The molecule has 0 radical (unpaired) electrons. The Labute approximate surface area is 132 Å². The lowest BCUT2D eigenvalue weighted by Gasteiger charge is -2.25. The lowest BCUT2D eigenvalue weighted by atomic mass is 10.1. The first-order chi connectivity index (χ1) is 10.3. The molecule has 1 saturated carbocycles. The fourth-order valence-electron chi connectivity index (χ4n) is 2.77. The Bertz CT molecular complexity index is 511. The molecule has 0 aromatic carbocycles. The number of hydrogen-bond donors (Lipinski definition) is 2. The Morgan fingerprint density at radius 1 is 1.32 bits per heavy atom. The van der Waals surface area contributed by atoms with Crippen LogP contribution in [0.4, 0.5) is 4.79 Å². The van der Waals surface area contributed by atoms with Gasteiger partial charge >= 0.3 is 6.09 Å². The predicted molar refractivity (Wildman–Crippen MR) is 86.6 cm³/mol. The third kappa shape index (κ3) is 5.30. The summed E-state index contributed by atoms with van der Waals surface area (Å²) in [4.78, 5) is 16.4. The number of carbonyl (C=O) groups is 1. The van der Waals surface area contributed by atoms with Crippen LogP contribution in [0.25, 0.3) is 0 Å². The number of nitrogens with one attached hydrogen (secondary N) is 2. The normalized spacial score (nSPS) is 21.6. The van der Waals surface area contributed by atoms with Crippen LogP contribution in [0.15, 0.2) is 18.2 Å². The van der Waals surface area contributed by atoms with Crippen molar-refractivity contribution in [3.05, 3.63) is 29.6 Å². The SMILES string of the molecule is Cc1cccc(CN[C@@H]2CCC[C@@H]2NC(=O)OC(C)(C)C)n1. The predicted octanol–water partition coefficient (Wildman–Crippen LogP) is 2.93. The zero-order valence-corrected chi connectivity index (χ0v) is 14.0. The molecule has 1 aliphatic carbocycles. The summed E-state index contributed by atoms with van der Waals surface area (Å²) in [5.74, 6) is 0. The molecule has 0 aliphatic heterocycles. The van der Waals surface area contributed by atoms with Crippen LogP contribution in [0.5, 0.6) is 0 Å². The van der Waals surface area contributed by atoms with Crippen molar-refractivity contribution in [1.29, 1.82) is 0 Å². The molecule has 0 unspecified atom stereocenters. The number of alkyl carbamates (subject to hydrolysis) is 1. The highest BCUT2D eigenvalue weighted by molar-refractivity contribution is 5.68. The first-order valence-corrected chi connectivity index (χ1v) is 7.99. The summed E-state index contributed by atoms with van der Waals surface area (Å²) in [6.07, 6.45) is 2.82. The average molecular weight is 305 g/mol. The Morgan fingerprint density at radius 3 is 2.73 bits per heavy atom. The molecule has 0 spiro atoms. The van der Waals surface area contributed by atoms with Crippen molar-refractivity contribution in [2.75, 3.05) is 0 Å². The number of aryl methyl sites for hydroxylation is 1. The standard InChI is InChI=1S/C17H27N3O2/c1-12-7-5-8-13(19-12)11-18-14-9-6-10-15(14)20-16(21)22-17(2,3)4/h5,7-8,14-15,18H,6,9-11H2,1-4H3,(H,20,21)/t14-,15+/m1/s1. The van der Waals surface area contributed by atoms with Gasteiger partial charge in [-0.25, -0.2) is 4.79 Å². The van der Waals surface area contributed by atoms with Crippen LogP contribution in [-0.4, -0.2) is 28.8 Å². The van der Waals surface area contributed by atoms with Gasteiger partial charge in [0.05, 0.1) is 5.69 Å². The lowest BCUT2D eigenvalue weighted by molar-refractivity contribution is 0.0498. The fraction of sp³-hybridized carbons (Fsp3) is 0.647. The van der Waals surface area contributed by atoms with Crippen molar-refractivity contribution in [1.82, 2.24) is 15.6 Å². The maximum atomic E-state index is 11.9. The monoisotopic (exact) mass is 305 g/mol.